The molecular weight excluding hydrogens is 174 g/mol. The summed E-state index contributed by atoms with van der Waals surface area (Å²) in [6, 6.07) is 2.59. The molecule has 1 aromatic rings. The highest BCUT2D eigenvalue weighted by atomic mass is 15.3. The Hall–Kier alpha value is -0.830. The third kappa shape index (κ3) is 2.35. The average Bonchev–Trinajstić information content (AvgIpc) is 2.49. The molecule has 0 aliphatic carbocycles. The van der Waals surface area contributed by atoms with Crippen LogP contribution in [0.4, 0.5) is 0 Å². The van der Waals surface area contributed by atoms with Gasteiger partial charge in [-0.05, 0) is 33.3 Å². The third-order valence-electron chi connectivity index (χ3n) is 2.29. The molecule has 2 N–H and O–H groups in total. The van der Waals surface area contributed by atoms with Gasteiger partial charge in [0.05, 0.1) is 5.69 Å². The van der Waals surface area contributed by atoms with Crippen molar-refractivity contribution in [2.75, 3.05) is 0 Å². The zero-order valence-electron chi connectivity index (χ0n) is 9.62. The first-order chi connectivity index (χ1) is 6.56. The molecule has 0 aliphatic rings. The first kappa shape index (κ1) is 11.2. The van der Waals surface area contributed by atoms with Crippen LogP contribution in [0.25, 0.3) is 0 Å². The van der Waals surface area contributed by atoms with Crippen molar-refractivity contribution in [2.24, 2.45) is 5.73 Å². The van der Waals surface area contributed by atoms with E-state index in [4.69, 9.17) is 5.73 Å². The summed E-state index contributed by atoms with van der Waals surface area (Å²) >= 11 is 0. The lowest BCUT2D eigenvalue weighted by atomic mass is 10.2. The maximum atomic E-state index is 5.82. The van der Waals surface area contributed by atoms with Gasteiger partial charge in [0.2, 0.25) is 0 Å². The molecule has 0 saturated heterocycles. The molecule has 1 rings (SSSR count). The number of nitrogens with zero attached hydrogens (tertiary/aromatic N) is 2. The molecule has 1 unspecified atom stereocenters. The molecule has 0 amide bonds. The van der Waals surface area contributed by atoms with Crippen molar-refractivity contribution in [1.82, 2.24) is 9.78 Å². The number of nitrogens with two attached hydrogens (primary N) is 1. The lowest BCUT2D eigenvalue weighted by Crippen LogP contribution is -2.10. The van der Waals surface area contributed by atoms with Gasteiger partial charge in [-0.25, -0.2) is 0 Å². The zero-order chi connectivity index (χ0) is 10.7. The van der Waals surface area contributed by atoms with Gasteiger partial charge in [0.1, 0.15) is 0 Å². The second-order valence-corrected chi connectivity index (χ2v) is 4.14. The fourth-order valence-electron chi connectivity index (χ4n) is 1.57. The predicted molar refractivity (Wildman–Crippen MR) is 59.2 cm³/mol. The van der Waals surface area contributed by atoms with E-state index < -0.39 is 0 Å². The first-order valence-electron chi connectivity index (χ1n) is 5.40. The normalized spacial score (nSPS) is 13.6. The maximum Gasteiger partial charge on any atom is 0.0791 e. The molecule has 0 aromatic carbocycles. The van der Waals surface area contributed by atoms with Crippen molar-refractivity contribution in [1.29, 1.82) is 0 Å². The molecule has 0 aliphatic heterocycles. The minimum Gasteiger partial charge on any atom is -0.323 e. The van der Waals surface area contributed by atoms with Crippen molar-refractivity contribution in [3.05, 3.63) is 17.5 Å². The molecule has 0 bridgehead atoms. The predicted octanol–water partition coefficient (Wildman–Crippen LogP) is 2.44. The van der Waals surface area contributed by atoms with Crippen molar-refractivity contribution in [3.8, 4) is 0 Å². The van der Waals surface area contributed by atoms with Crippen LogP contribution in [0.3, 0.4) is 0 Å². The Kier molecular flexibility index (Phi) is 3.69. The van der Waals surface area contributed by atoms with Crippen molar-refractivity contribution in [2.45, 2.75) is 52.6 Å². The summed E-state index contributed by atoms with van der Waals surface area (Å²) in [5.74, 6) is 0. The summed E-state index contributed by atoms with van der Waals surface area (Å²) < 4.78 is 2.09. The van der Waals surface area contributed by atoms with Crippen molar-refractivity contribution in [3.63, 3.8) is 0 Å². The molecule has 14 heavy (non-hydrogen) atoms. The monoisotopic (exact) mass is 195 g/mol. The number of hydrogen-bond donors (Lipinski definition) is 1. The molecule has 1 heterocycles. The Morgan fingerprint density at radius 3 is 2.50 bits per heavy atom. The molecular formula is C11H21N3. The Labute approximate surface area is 86.3 Å². The van der Waals surface area contributed by atoms with Crippen LogP contribution in [0.15, 0.2) is 6.07 Å². The number of aryl methyl sites for hydroxylation is 1. The highest BCUT2D eigenvalue weighted by molar-refractivity contribution is 5.14. The van der Waals surface area contributed by atoms with E-state index in [1.807, 2.05) is 6.92 Å². The van der Waals surface area contributed by atoms with Gasteiger partial charge in [-0.1, -0.05) is 13.3 Å². The topological polar surface area (TPSA) is 43.8 Å². The van der Waals surface area contributed by atoms with Crippen LogP contribution in [0.2, 0.25) is 0 Å². The lowest BCUT2D eigenvalue weighted by Gasteiger charge is -2.09. The molecule has 3 nitrogen and oxygen atoms in total. The number of aromatic nitrogens is 2. The molecule has 0 spiro atoms. The van der Waals surface area contributed by atoms with E-state index in [1.54, 1.807) is 0 Å². The van der Waals surface area contributed by atoms with Crippen LogP contribution in [0, 0.1) is 0 Å². The van der Waals surface area contributed by atoms with E-state index in [0.29, 0.717) is 6.04 Å². The highest BCUT2D eigenvalue weighted by Gasteiger charge is 2.11. The van der Waals surface area contributed by atoms with Gasteiger partial charge < -0.3 is 5.73 Å². The van der Waals surface area contributed by atoms with Gasteiger partial charge in [-0.2, -0.15) is 5.10 Å². The van der Waals surface area contributed by atoms with E-state index >= 15 is 0 Å². The van der Waals surface area contributed by atoms with Gasteiger partial charge in [-0.15, -0.1) is 0 Å². The van der Waals surface area contributed by atoms with Gasteiger partial charge in [0.25, 0.3) is 0 Å². The Balaban J connectivity index is 2.99. The molecule has 0 saturated carbocycles. The Morgan fingerprint density at radius 1 is 1.43 bits per heavy atom. The minimum absolute atomic E-state index is 0.0330. The van der Waals surface area contributed by atoms with Crippen LogP contribution in [0.5, 0.6) is 0 Å². The largest absolute Gasteiger partial charge is 0.323 e. The van der Waals surface area contributed by atoms with Gasteiger partial charge in [0.15, 0.2) is 0 Å². The highest BCUT2D eigenvalue weighted by Crippen LogP contribution is 2.16. The molecule has 1 aromatic heterocycles. The van der Waals surface area contributed by atoms with Crippen LogP contribution < -0.4 is 5.73 Å². The van der Waals surface area contributed by atoms with E-state index in [2.05, 4.69) is 36.6 Å². The summed E-state index contributed by atoms with van der Waals surface area (Å²) in [5, 5.41) is 4.52. The third-order valence-corrected chi connectivity index (χ3v) is 2.29. The van der Waals surface area contributed by atoms with E-state index in [1.165, 1.54) is 5.69 Å². The van der Waals surface area contributed by atoms with E-state index in [9.17, 15) is 0 Å². The molecule has 1 atom stereocenters. The minimum atomic E-state index is 0.0330. The summed E-state index contributed by atoms with van der Waals surface area (Å²) in [6.07, 6.45) is 2.23. The fourth-order valence-corrected chi connectivity index (χ4v) is 1.57. The second kappa shape index (κ2) is 4.60. The summed E-state index contributed by atoms with van der Waals surface area (Å²) in [5.41, 5.74) is 8.12. The van der Waals surface area contributed by atoms with Crippen LogP contribution >= 0.6 is 0 Å². The van der Waals surface area contributed by atoms with Crippen molar-refractivity contribution < 1.29 is 0 Å². The fraction of sp³-hybridized carbons (Fsp3) is 0.727. The summed E-state index contributed by atoms with van der Waals surface area (Å²) in [6.45, 7) is 8.46. The van der Waals surface area contributed by atoms with E-state index in [-0.39, 0.29) is 6.04 Å². The van der Waals surface area contributed by atoms with Crippen LogP contribution in [0.1, 0.15) is 57.6 Å². The SMILES string of the molecule is CCCc1cc(C(C)N)nn1C(C)C. The molecule has 0 fully saturated rings. The average molecular weight is 195 g/mol. The lowest BCUT2D eigenvalue weighted by molar-refractivity contribution is 0.499. The smallest absolute Gasteiger partial charge is 0.0791 e. The van der Waals surface area contributed by atoms with Crippen LogP contribution in [-0.2, 0) is 6.42 Å². The second-order valence-electron chi connectivity index (χ2n) is 4.14. The summed E-state index contributed by atoms with van der Waals surface area (Å²) in [7, 11) is 0. The Morgan fingerprint density at radius 2 is 2.07 bits per heavy atom. The maximum absolute atomic E-state index is 5.82. The summed E-state index contributed by atoms with van der Waals surface area (Å²) in [4.78, 5) is 0. The zero-order valence-corrected chi connectivity index (χ0v) is 9.62. The van der Waals surface area contributed by atoms with Gasteiger partial charge >= 0.3 is 0 Å². The first-order valence-corrected chi connectivity index (χ1v) is 5.40. The standard InChI is InChI=1S/C11H21N3/c1-5-6-10-7-11(9(4)12)13-14(10)8(2)3/h7-9H,5-6,12H2,1-4H3. The van der Waals surface area contributed by atoms with Crippen molar-refractivity contribution >= 4 is 0 Å². The number of rotatable bonds is 4. The molecule has 3 heteroatoms. The number of hydrogen-bond acceptors (Lipinski definition) is 2. The molecule has 0 radical (unpaired) electrons. The van der Waals surface area contributed by atoms with Gasteiger partial charge in [0, 0.05) is 17.8 Å². The van der Waals surface area contributed by atoms with E-state index in [0.717, 1.165) is 18.5 Å². The quantitative estimate of drug-likeness (QED) is 0.802. The van der Waals surface area contributed by atoms with Gasteiger partial charge in [-0.3, -0.25) is 4.68 Å². The Bertz CT molecular complexity index is 287. The molecule has 80 valence electrons. The van der Waals surface area contributed by atoms with Crippen LogP contribution in [-0.4, -0.2) is 9.78 Å².